The van der Waals surface area contributed by atoms with Crippen LogP contribution in [0.2, 0.25) is 0 Å². The maximum Gasteiger partial charge on any atom is 0.416 e. The molecule has 0 bridgehead atoms. The topological polar surface area (TPSA) is 30.0 Å². The summed E-state index contributed by atoms with van der Waals surface area (Å²) in [5, 5.41) is 0. The molecule has 8 heteroatoms. The van der Waals surface area contributed by atoms with Gasteiger partial charge >= 0.3 is 12.4 Å². The van der Waals surface area contributed by atoms with Gasteiger partial charge in [0.05, 0.1) is 22.5 Å². The van der Waals surface area contributed by atoms with Crippen molar-refractivity contribution in [3.8, 4) is 22.5 Å². The number of benzene rings is 2. The maximum absolute atomic E-state index is 12.7. The van der Waals surface area contributed by atoms with Crippen LogP contribution < -0.4 is 0 Å². The molecule has 0 spiro atoms. The second-order valence-electron chi connectivity index (χ2n) is 5.90. The van der Waals surface area contributed by atoms with Crippen molar-refractivity contribution in [2.75, 3.05) is 0 Å². The highest BCUT2D eigenvalue weighted by atomic mass is 19.4. The highest BCUT2D eigenvalue weighted by Gasteiger charge is 2.31. The molecule has 0 amide bonds. The number of halogens is 6. The number of nitrogens with zero attached hydrogens (tertiary/aromatic N) is 1. The molecule has 0 fully saturated rings. The van der Waals surface area contributed by atoms with Crippen LogP contribution in [0.1, 0.15) is 21.5 Å². The van der Waals surface area contributed by atoms with Crippen LogP contribution in [-0.4, -0.2) is 11.3 Å². The predicted octanol–water partition coefficient (Wildman–Crippen LogP) is 6.27. The van der Waals surface area contributed by atoms with Gasteiger partial charge in [0.25, 0.3) is 0 Å². The summed E-state index contributed by atoms with van der Waals surface area (Å²) in [5.74, 6) is 0. The summed E-state index contributed by atoms with van der Waals surface area (Å²) in [6, 6.07) is 11.3. The van der Waals surface area contributed by atoms with Crippen molar-refractivity contribution >= 4 is 6.29 Å². The van der Waals surface area contributed by atoms with Crippen LogP contribution in [0.4, 0.5) is 26.3 Å². The third-order valence-electron chi connectivity index (χ3n) is 4.05. The van der Waals surface area contributed by atoms with Crippen LogP contribution in [0.25, 0.3) is 22.5 Å². The fourth-order valence-corrected chi connectivity index (χ4v) is 2.60. The van der Waals surface area contributed by atoms with Gasteiger partial charge in [-0.3, -0.25) is 4.79 Å². The van der Waals surface area contributed by atoms with Gasteiger partial charge in [-0.25, -0.2) is 4.98 Å². The summed E-state index contributed by atoms with van der Waals surface area (Å²) in [4.78, 5) is 15.6. The summed E-state index contributed by atoms with van der Waals surface area (Å²) in [5.41, 5.74) is -0.431. The average Bonchev–Trinajstić information content (AvgIpc) is 2.66. The lowest BCUT2D eigenvalue weighted by molar-refractivity contribution is -0.138. The molecule has 0 saturated carbocycles. The third-order valence-corrected chi connectivity index (χ3v) is 4.05. The van der Waals surface area contributed by atoms with Crippen LogP contribution in [-0.2, 0) is 12.4 Å². The minimum absolute atomic E-state index is 0.140. The van der Waals surface area contributed by atoms with Gasteiger partial charge in [-0.05, 0) is 36.4 Å². The second kappa shape index (κ2) is 7.10. The molecule has 144 valence electrons. The zero-order valence-electron chi connectivity index (χ0n) is 14.0. The summed E-state index contributed by atoms with van der Waals surface area (Å²) in [7, 11) is 0. The first-order valence-corrected chi connectivity index (χ1v) is 7.91. The number of carbonyl (C=O) groups is 1. The first-order valence-electron chi connectivity index (χ1n) is 7.91. The Bertz CT molecular complexity index is 989. The van der Waals surface area contributed by atoms with Crippen LogP contribution in [0.5, 0.6) is 0 Å². The van der Waals surface area contributed by atoms with Gasteiger partial charge in [-0.15, -0.1) is 0 Å². The zero-order valence-corrected chi connectivity index (χ0v) is 14.0. The molecule has 28 heavy (non-hydrogen) atoms. The number of aldehydes is 1. The Morgan fingerprint density at radius 2 is 1.11 bits per heavy atom. The van der Waals surface area contributed by atoms with Crippen molar-refractivity contribution in [2.24, 2.45) is 0 Å². The number of hydrogen-bond acceptors (Lipinski definition) is 2. The van der Waals surface area contributed by atoms with Crippen molar-refractivity contribution in [1.29, 1.82) is 0 Å². The molecule has 1 heterocycles. The average molecular weight is 395 g/mol. The Balaban J connectivity index is 2.02. The molecule has 0 atom stereocenters. The van der Waals surface area contributed by atoms with E-state index >= 15 is 0 Å². The fraction of sp³-hybridized carbons (Fsp3) is 0.100. The molecule has 0 aliphatic carbocycles. The lowest BCUT2D eigenvalue weighted by Gasteiger charge is -2.11. The molecule has 3 aromatic rings. The van der Waals surface area contributed by atoms with Crippen LogP contribution in [0, 0.1) is 0 Å². The van der Waals surface area contributed by atoms with Gasteiger partial charge in [0.2, 0.25) is 0 Å². The summed E-state index contributed by atoms with van der Waals surface area (Å²) in [6.07, 6.45) is -8.46. The van der Waals surface area contributed by atoms with E-state index in [9.17, 15) is 31.1 Å². The first-order chi connectivity index (χ1) is 13.1. The number of aromatic nitrogens is 1. The maximum atomic E-state index is 12.7. The van der Waals surface area contributed by atoms with Crippen LogP contribution in [0.15, 0.2) is 60.7 Å². The zero-order chi connectivity index (χ0) is 20.5. The molecule has 0 unspecified atom stereocenters. The van der Waals surface area contributed by atoms with Crippen LogP contribution >= 0.6 is 0 Å². The third kappa shape index (κ3) is 4.05. The monoisotopic (exact) mass is 395 g/mol. The molecule has 1 aromatic heterocycles. The Kier molecular flexibility index (Phi) is 4.97. The van der Waals surface area contributed by atoms with Crippen molar-refractivity contribution < 1.29 is 31.1 Å². The van der Waals surface area contributed by atoms with Crippen molar-refractivity contribution in [1.82, 2.24) is 4.98 Å². The van der Waals surface area contributed by atoms with E-state index in [1.54, 1.807) is 0 Å². The number of pyridine rings is 1. The van der Waals surface area contributed by atoms with Crippen LogP contribution in [0.3, 0.4) is 0 Å². The lowest BCUT2D eigenvalue weighted by atomic mass is 10.0. The molecule has 2 nitrogen and oxygen atoms in total. The quantitative estimate of drug-likeness (QED) is 0.387. The normalized spacial score (nSPS) is 12.1. The van der Waals surface area contributed by atoms with Gasteiger partial charge in [-0.1, -0.05) is 24.3 Å². The van der Waals surface area contributed by atoms with E-state index in [-0.39, 0.29) is 22.5 Å². The molecule has 0 aliphatic rings. The molecular weight excluding hydrogens is 384 g/mol. The fourth-order valence-electron chi connectivity index (χ4n) is 2.60. The van der Waals surface area contributed by atoms with E-state index in [4.69, 9.17) is 0 Å². The van der Waals surface area contributed by atoms with Gasteiger partial charge in [0.15, 0.2) is 6.29 Å². The minimum Gasteiger partial charge on any atom is -0.298 e. The van der Waals surface area contributed by atoms with Crippen molar-refractivity contribution in [3.63, 3.8) is 0 Å². The van der Waals surface area contributed by atoms with E-state index in [0.29, 0.717) is 11.8 Å². The largest absolute Gasteiger partial charge is 0.416 e. The predicted molar refractivity (Wildman–Crippen MR) is 90.5 cm³/mol. The van der Waals surface area contributed by atoms with Gasteiger partial charge in [0, 0.05) is 16.7 Å². The molecule has 0 radical (unpaired) electrons. The Labute approximate surface area is 155 Å². The Morgan fingerprint density at radius 1 is 0.643 bits per heavy atom. The Hall–Kier alpha value is -3.16. The van der Waals surface area contributed by atoms with E-state index < -0.39 is 23.5 Å². The second-order valence-corrected chi connectivity index (χ2v) is 5.90. The standard InChI is InChI=1S/C20H11F6NO/c21-19(22,23)15-6-1-12(2-7-15)17-10-5-14(11-28)18(27-17)13-3-8-16(9-4-13)20(24,25)26/h1-11H. The molecule has 0 aliphatic heterocycles. The minimum atomic E-state index is -4.50. The SMILES string of the molecule is O=Cc1ccc(-c2ccc(C(F)(F)F)cc2)nc1-c1ccc(C(F)(F)F)cc1. The molecule has 3 rings (SSSR count). The molecule has 0 N–H and O–H groups in total. The highest BCUT2D eigenvalue weighted by Crippen LogP contribution is 2.33. The number of alkyl halides is 6. The smallest absolute Gasteiger partial charge is 0.298 e. The number of rotatable bonds is 3. The van der Waals surface area contributed by atoms with E-state index in [1.807, 2.05) is 0 Å². The number of hydrogen-bond donors (Lipinski definition) is 0. The van der Waals surface area contributed by atoms with E-state index in [1.165, 1.54) is 36.4 Å². The Morgan fingerprint density at radius 3 is 1.54 bits per heavy atom. The van der Waals surface area contributed by atoms with Gasteiger partial charge in [0.1, 0.15) is 0 Å². The lowest BCUT2D eigenvalue weighted by Crippen LogP contribution is -2.04. The van der Waals surface area contributed by atoms with Crippen molar-refractivity contribution in [2.45, 2.75) is 12.4 Å². The van der Waals surface area contributed by atoms with E-state index in [2.05, 4.69) is 4.98 Å². The molecule has 2 aromatic carbocycles. The van der Waals surface area contributed by atoms with Gasteiger partial charge in [-0.2, -0.15) is 26.3 Å². The summed E-state index contributed by atoms with van der Waals surface area (Å²) >= 11 is 0. The molecule has 0 saturated heterocycles. The molecular formula is C20H11F6NO. The van der Waals surface area contributed by atoms with Gasteiger partial charge < -0.3 is 0 Å². The van der Waals surface area contributed by atoms with E-state index in [0.717, 1.165) is 24.3 Å². The highest BCUT2D eigenvalue weighted by molar-refractivity contribution is 5.86. The summed E-state index contributed by atoms with van der Waals surface area (Å²) in [6.45, 7) is 0. The first kappa shape index (κ1) is 19.6. The van der Waals surface area contributed by atoms with Crippen molar-refractivity contribution in [3.05, 3.63) is 77.4 Å². The summed E-state index contributed by atoms with van der Waals surface area (Å²) < 4.78 is 76.2. The number of carbonyl (C=O) groups excluding carboxylic acids is 1.